The number of ether oxygens (including phenoxy) is 1. The minimum absolute atomic E-state index is 0. The molecule has 1 aliphatic rings. The second kappa shape index (κ2) is 7.87. The summed E-state index contributed by atoms with van der Waals surface area (Å²) in [5.74, 6) is -0.402. The first-order chi connectivity index (χ1) is 9.20. The van der Waals surface area contributed by atoms with Gasteiger partial charge in [0.2, 0.25) is 0 Å². The van der Waals surface area contributed by atoms with Crippen molar-refractivity contribution in [3.63, 3.8) is 0 Å². The van der Waals surface area contributed by atoms with Crippen molar-refractivity contribution in [3.8, 4) is 5.75 Å². The third-order valence-corrected chi connectivity index (χ3v) is 3.04. The SMILES string of the molecule is COc1ccc(F)cc1C(=O)NCC1=CCNCC1.Cl. The molecular weight excluding hydrogens is 283 g/mol. The van der Waals surface area contributed by atoms with Gasteiger partial charge in [0.15, 0.2) is 0 Å². The number of hydrogen-bond acceptors (Lipinski definition) is 3. The lowest BCUT2D eigenvalue weighted by molar-refractivity contribution is 0.0953. The standard InChI is InChI=1S/C14H17FN2O2.ClH/c1-19-13-3-2-11(15)8-12(13)14(18)17-9-10-4-6-16-7-5-10;/h2-4,8,16H,5-7,9H2,1H3,(H,17,18);1H. The molecule has 20 heavy (non-hydrogen) atoms. The quantitative estimate of drug-likeness (QED) is 0.835. The number of carbonyl (C=O) groups is 1. The van der Waals surface area contributed by atoms with Crippen LogP contribution < -0.4 is 15.4 Å². The van der Waals surface area contributed by atoms with Gasteiger partial charge in [0, 0.05) is 13.1 Å². The van der Waals surface area contributed by atoms with Crippen LogP contribution in [0, 0.1) is 5.82 Å². The van der Waals surface area contributed by atoms with Gasteiger partial charge in [-0.05, 0) is 31.2 Å². The van der Waals surface area contributed by atoms with Crippen LogP contribution in [0.4, 0.5) is 4.39 Å². The van der Waals surface area contributed by atoms with Crippen molar-refractivity contribution < 1.29 is 13.9 Å². The highest BCUT2D eigenvalue weighted by molar-refractivity contribution is 5.97. The Balaban J connectivity index is 0.00000200. The number of halogens is 2. The third kappa shape index (κ3) is 4.21. The van der Waals surface area contributed by atoms with Crippen molar-refractivity contribution in [1.29, 1.82) is 0 Å². The fourth-order valence-electron chi connectivity index (χ4n) is 1.98. The molecule has 1 aliphatic heterocycles. The first kappa shape index (κ1) is 16.5. The summed E-state index contributed by atoms with van der Waals surface area (Å²) < 4.78 is 18.2. The number of methoxy groups -OCH3 is 1. The molecule has 2 rings (SSSR count). The molecule has 1 aromatic rings. The van der Waals surface area contributed by atoms with Crippen LogP contribution in [0.2, 0.25) is 0 Å². The summed E-state index contributed by atoms with van der Waals surface area (Å²) in [7, 11) is 1.46. The zero-order valence-electron chi connectivity index (χ0n) is 11.2. The van der Waals surface area contributed by atoms with E-state index in [4.69, 9.17) is 4.74 Å². The van der Waals surface area contributed by atoms with Crippen LogP contribution in [0.25, 0.3) is 0 Å². The summed E-state index contributed by atoms with van der Waals surface area (Å²) in [6, 6.07) is 3.91. The highest BCUT2D eigenvalue weighted by Crippen LogP contribution is 2.19. The average Bonchev–Trinajstić information content (AvgIpc) is 2.46. The van der Waals surface area contributed by atoms with E-state index in [9.17, 15) is 9.18 Å². The van der Waals surface area contributed by atoms with E-state index < -0.39 is 5.82 Å². The van der Waals surface area contributed by atoms with Crippen molar-refractivity contribution in [2.75, 3.05) is 26.7 Å². The molecule has 6 heteroatoms. The molecule has 1 amide bonds. The number of benzene rings is 1. The summed E-state index contributed by atoms with van der Waals surface area (Å²) in [6.07, 6.45) is 2.98. The third-order valence-electron chi connectivity index (χ3n) is 3.04. The van der Waals surface area contributed by atoms with Crippen molar-refractivity contribution >= 4 is 18.3 Å². The van der Waals surface area contributed by atoms with Crippen molar-refractivity contribution in [2.24, 2.45) is 0 Å². The molecule has 0 aliphatic carbocycles. The molecule has 0 bridgehead atoms. The maximum Gasteiger partial charge on any atom is 0.255 e. The molecule has 1 heterocycles. The summed E-state index contributed by atoms with van der Waals surface area (Å²) >= 11 is 0. The van der Waals surface area contributed by atoms with Crippen molar-refractivity contribution in [3.05, 3.63) is 41.2 Å². The molecule has 0 radical (unpaired) electrons. The van der Waals surface area contributed by atoms with Crippen molar-refractivity contribution in [2.45, 2.75) is 6.42 Å². The Labute approximate surface area is 123 Å². The Kier molecular flexibility index (Phi) is 6.48. The lowest BCUT2D eigenvalue weighted by Crippen LogP contribution is -2.29. The Morgan fingerprint density at radius 2 is 2.30 bits per heavy atom. The largest absolute Gasteiger partial charge is 0.496 e. The second-order valence-corrected chi connectivity index (χ2v) is 4.34. The average molecular weight is 301 g/mol. The van der Waals surface area contributed by atoms with Crippen LogP contribution in [0.15, 0.2) is 29.8 Å². The number of hydrogen-bond donors (Lipinski definition) is 2. The molecule has 1 aromatic carbocycles. The van der Waals surface area contributed by atoms with Crippen LogP contribution in [0.1, 0.15) is 16.8 Å². The van der Waals surface area contributed by atoms with Gasteiger partial charge in [-0.15, -0.1) is 12.4 Å². The van der Waals surface area contributed by atoms with E-state index in [2.05, 4.69) is 16.7 Å². The van der Waals surface area contributed by atoms with Gasteiger partial charge in [-0.1, -0.05) is 11.6 Å². The maximum absolute atomic E-state index is 13.2. The van der Waals surface area contributed by atoms with Crippen LogP contribution in [-0.2, 0) is 0 Å². The predicted octanol–water partition coefficient (Wildman–Crippen LogP) is 1.91. The summed E-state index contributed by atoms with van der Waals surface area (Å²) in [4.78, 5) is 12.0. The molecule has 0 spiro atoms. The molecule has 0 aromatic heterocycles. The Hall–Kier alpha value is -1.59. The van der Waals surface area contributed by atoms with E-state index in [1.165, 1.54) is 30.9 Å². The highest BCUT2D eigenvalue weighted by Gasteiger charge is 2.13. The second-order valence-electron chi connectivity index (χ2n) is 4.34. The van der Waals surface area contributed by atoms with Crippen LogP contribution in [-0.4, -0.2) is 32.7 Å². The lowest BCUT2D eigenvalue weighted by atomic mass is 10.1. The molecule has 0 fully saturated rings. The van der Waals surface area contributed by atoms with Gasteiger partial charge in [-0.3, -0.25) is 4.79 Å². The predicted molar refractivity (Wildman–Crippen MR) is 78.1 cm³/mol. The normalized spacial score (nSPS) is 14.0. The van der Waals surface area contributed by atoms with Gasteiger partial charge >= 0.3 is 0 Å². The van der Waals surface area contributed by atoms with E-state index in [0.717, 1.165) is 19.5 Å². The molecule has 110 valence electrons. The van der Waals surface area contributed by atoms with Crippen LogP contribution in [0.3, 0.4) is 0 Å². The summed E-state index contributed by atoms with van der Waals surface area (Å²) in [5, 5.41) is 5.99. The maximum atomic E-state index is 13.2. The Morgan fingerprint density at radius 1 is 1.50 bits per heavy atom. The van der Waals surface area contributed by atoms with Gasteiger partial charge in [0.05, 0.1) is 12.7 Å². The van der Waals surface area contributed by atoms with Gasteiger partial charge in [-0.25, -0.2) is 4.39 Å². The Bertz CT molecular complexity index is 506. The van der Waals surface area contributed by atoms with E-state index in [1.807, 2.05) is 0 Å². The number of carbonyl (C=O) groups excluding carboxylic acids is 1. The van der Waals surface area contributed by atoms with Gasteiger partial charge in [0.25, 0.3) is 5.91 Å². The zero-order valence-corrected chi connectivity index (χ0v) is 12.1. The molecule has 0 saturated carbocycles. The summed E-state index contributed by atoms with van der Waals surface area (Å²) in [6.45, 7) is 2.24. The van der Waals surface area contributed by atoms with Gasteiger partial charge in [0.1, 0.15) is 11.6 Å². The Morgan fingerprint density at radius 3 is 2.95 bits per heavy atom. The number of amides is 1. The minimum Gasteiger partial charge on any atom is -0.496 e. The van der Waals surface area contributed by atoms with Crippen LogP contribution >= 0.6 is 12.4 Å². The smallest absolute Gasteiger partial charge is 0.255 e. The molecule has 2 N–H and O–H groups in total. The van der Waals surface area contributed by atoms with E-state index >= 15 is 0 Å². The molecule has 0 saturated heterocycles. The molecule has 4 nitrogen and oxygen atoms in total. The first-order valence-corrected chi connectivity index (χ1v) is 6.21. The molecular formula is C14H18ClFN2O2. The highest BCUT2D eigenvalue weighted by atomic mass is 35.5. The monoisotopic (exact) mass is 300 g/mol. The van der Waals surface area contributed by atoms with E-state index in [0.29, 0.717) is 12.3 Å². The fourth-order valence-corrected chi connectivity index (χ4v) is 1.98. The number of nitrogens with one attached hydrogen (secondary N) is 2. The summed E-state index contributed by atoms with van der Waals surface area (Å²) in [5.41, 5.74) is 1.40. The van der Waals surface area contributed by atoms with Gasteiger partial charge in [-0.2, -0.15) is 0 Å². The fraction of sp³-hybridized carbons (Fsp3) is 0.357. The molecule has 0 atom stereocenters. The topological polar surface area (TPSA) is 50.4 Å². The number of rotatable bonds is 4. The van der Waals surface area contributed by atoms with Crippen LogP contribution in [0.5, 0.6) is 5.75 Å². The lowest BCUT2D eigenvalue weighted by Gasteiger charge is -2.15. The first-order valence-electron chi connectivity index (χ1n) is 6.21. The minimum atomic E-state index is -0.452. The van der Waals surface area contributed by atoms with E-state index in [1.54, 1.807) is 0 Å². The zero-order chi connectivity index (χ0) is 13.7. The molecule has 0 unspecified atom stereocenters. The van der Waals surface area contributed by atoms with E-state index in [-0.39, 0.29) is 23.9 Å². The van der Waals surface area contributed by atoms with Gasteiger partial charge < -0.3 is 15.4 Å². The van der Waals surface area contributed by atoms with Crippen molar-refractivity contribution in [1.82, 2.24) is 10.6 Å².